The Morgan fingerprint density at radius 2 is 1.96 bits per heavy atom. The maximum atomic E-state index is 12.8. The van der Waals surface area contributed by atoms with Crippen molar-refractivity contribution in [3.05, 3.63) is 16.8 Å². The summed E-state index contributed by atoms with van der Waals surface area (Å²) in [7, 11) is 0. The first kappa shape index (κ1) is 19.5. The molecule has 1 aliphatic rings. The largest absolute Gasteiger partial charge is 0.480 e. The maximum Gasteiger partial charge on any atom is 0.323 e. The summed E-state index contributed by atoms with van der Waals surface area (Å²) in [5.41, 5.74) is 1.22. The van der Waals surface area contributed by atoms with Gasteiger partial charge < -0.3 is 14.9 Å². The number of carbonyl (C=O) groups is 2. The standard InChI is InChI=1S/C19H26N4O3S/c1-11(2)23(9-15(24)25)19(26)14-5-7-22(8-6-14)17-16-12(3)13(4)27-18(16)21-10-20-17/h10-11,14H,5-9H2,1-4H3,(H,24,25). The van der Waals surface area contributed by atoms with Crippen LogP contribution in [0.15, 0.2) is 6.33 Å². The second-order valence-electron chi connectivity index (χ2n) is 7.38. The molecule has 0 unspecified atom stereocenters. The Bertz CT molecular complexity index is 856. The smallest absolute Gasteiger partial charge is 0.323 e. The Labute approximate surface area is 163 Å². The summed E-state index contributed by atoms with van der Waals surface area (Å²) in [5.74, 6) is -0.215. The molecule has 7 nitrogen and oxygen atoms in total. The highest BCUT2D eigenvalue weighted by Gasteiger charge is 2.31. The molecule has 0 radical (unpaired) electrons. The van der Waals surface area contributed by atoms with Crippen LogP contribution in [0, 0.1) is 19.8 Å². The average molecular weight is 391 g/mol. The van der Waals surface area contributed by atoms with Gasteiger partial charge in [-0.05, 0) is 46.1 Å². The molecule has 1 amide bonds. The quantitative estimate of drug-likeness (QED) is 0.845. The van der Waals surface area contributed by atoms with E-state index >= 15 is 0 Å². The van der Waals surface area contributed by atoms with Gasteiger partial charge in [0.25, 0.3) is 0 Å². The van der Waals surface area contributed by atoms with E-state index in [4.69, 9.17) is 5.11 Å². The Hall–Kier alpha value is -2.22. The number of aryl methyl sites for hydroxylation is 2. The predicted molar refractivity (Wildman–Crippen MR) is 106 cm³/mol. The van der Waals surface area contributed by atoms with Crippen molar-refractivity contribution in [2.45, 2.75) is 46.6 Å². The molecule has 0 aromatic carbocycles. The molecular weight excluding hydrogens is 364 g/mol. The van der Waals surface area contributed by atoms with Gasteiger partial charge in [-0.15, -0.1) is 11.3 Å². The van der Waals surface area contributed by atoms with E-state index in [1.165, 1.54) is 15.3 Å². The minimum atomic E-state index is -0.971. The number of anilines is 1. The number of rotatable bonds is 5. The minimum Gasteiger partial charge on any atom is -0.480 e. The molecule has 0 bridgehead atoms. The number of carbonyl (C=O) groups excluding carboxylic acids is 1. The van der Waals surface area contributed by atoms with E-state index in [1.807, 2.05) is 13.8 Å². The van der Waals surface area contributed by atoms with Crippen molar-refractivity contribution >= 4 is 39.2 Å². The van der Waals surface area contributed by atoms with Crippen molar-refractivity contribution in [2.24, 2.45) is 5.92 Å². The number of aliphatic carboxylic acids is 1. The van der Waals surface area contributed by atoms with Crippen molar-refractivity contribution in [1.82, 2.24) is 14.9 Å². The van der Waals surface area contributed by atoms with Gasteiger partial charge in [0.2, 0.25) is 5.91 Å². The molecular formula is C19H26N4O3S. The highest BCUT2D eigenvalue weighted by molar-refractivity contribution is 7.18. The summed E-state index contributed by atoms with van der Waals surface area (Å²) in [6.45, 7) is 9.13. The zero-order valence-electron chi connectivity index (χ0n) is 16.2. The fourth-order valence-corrected chi connectivity index (χ4v) is 4.63. The third-order valence-corrected chi connectivity index (χ3v) is 6.42. The molecule has 0 spiro atoms. The summed E-state index contributed by atoms with van der Waals surface area (Å²) < 4.78 is 0. The van der Waals surface area contributed by atoms with Crippen molar-refractivity contribution < 1.29 is 14.7 Å². The zero-order valence-corrected chi connectivity index (χ0v) is 17.0. The normalized spacial score (nSPS) is 15.5. The molecule has 0 saturated carbocycles. The number of hydrogen-bond acceptors (Lipinski definition) is 6. The summed E-state index contributed by atoms with van der Waals surface area (Å²) in [4.78, 5) is 38.8. The Morgan fingerprint density at radius 3 is 2.56 bits per heavy atom. The molecule has 1 fully saturated rings. The Kier molecular flexibility index (Phi) is 5.64. The molecule has 0 aliphatic carbocycles. The van der Waals surface area contributed by atoms with Gasteiger partial charge >= 0.3 is 5.97 Å². The van der Waals surface area contributed by atoms with Crippen molar-refractivity contribution in [1.29, 1.82) is 0 Å². The number of nitrogens with zero attached hydrogens (tertiary/aromatic N) is 4. The number of piperidine rings is 1. The Morgan fingerprint density at radius 1 is 1.30 bits per heavy atom. The van der Waals surface area contributed by atoms with E-state index < -0.39 is 5.97 Å². The van der Waals surface area contributed by atoms with Crippen LogP contribution in [0.5, 0.6) is 0 Å². The number of hydrogen-bond donors (Lipinski definition) is 1. The number of amides is 1. The molecule has 1 saturated heterocycles. The van der Waals surface area contributed by atoms with Crippen LogP contribution in [-0.4, -0.2) is 57.5 Å². The molecule has 2 aromatic rings. The van der Waals surface area contributed by atoms with Gasteiger partial charge in [-0.3, -0.25) is 9.59 Å². The van der Waals surface area contributed by atoms with E-state index in [-0.39, 0.29) is 24.4 Å². The van der Waals surface area contributed by atoms with E-state index in [0.29, 0.717) is 12.8 Å². The molecule has 1 N–H and O–H groups in total. The van der Waals surface area contributed by atoms with Gasteiger partial charge in [0.15, 0.2) is 0 Å². The first-order chi connectivity index (χ1) is 12.8. The summed E-state index contributed by atoms with van der Waals surface area (Å²) in [5, 5.41) is 10.2. The lowest BCUT2D eigenvalue weighted by atomic mass is 9.94. The molecule has 3 rings (SSSR count). The molecule has 2 aromatic heterocycles. The van der Waals surface area contributed by atoms with Gasteiger partial charge in [0, 0.05) is 29.9 Å². The van der Waals surface area contributed by atoms with Crippen molar-refractivity contribution in [2.75, 3.05) is 24.5 Å². The van der Waals surface area contributed by atoms with Crippen molar-refractivity contribution in [3.8, 4) is 0 Å². The number of carboxylic acids is 1. The number of fused-ring (bicyclic) bond motifs is 1. The number of aromatic nitrogens is 2. The van der Waals surface area contributed by atoms with Crippen LogP contribution in [0.2, 0.25) is 0 Å². The predicted octanol–water partition coefficient (Wildman–Crippen LogP) is 2.85. The number of carboxylic acid groups (broad SMARTS) is 1. The minimum absolute atomic E-state index is 0.0533. The molecule has 27 heavy (non-hydrogen) atoms. The fourth-order valence-electron chi connectivity index (χ4n) is 3.64. The van der Waals surface area contributed by atoms with Crippen LogP contribution in [0.3, 0.4) is 0 Å². The van der Waals surface area contributed by atoms with Gasteiger partial charge in [-0.1, -0.05) is 0 Å². The molecule has 1 aliphatic heterocycles. The topological polar surface area (TPSA) is 86.6 Å². The lowest BCUT2D eigenvalue weighted by Crippen LogP contribution is -2.47. The van der Waals surface area contributed by atoms with E-state index in [2.05, 4.69) is 28.7 Å². The van der Waals surface area contributed by atoms with Crippen LogP contribution < -0.4 is 4.90 Å². The third-order valence-electron chi connectivity index (χ3n) is 5.30. The third kappa shape index (κ3) is 3.90. The molecule has 146 valence electrons. The van der Waals surface area contributed by atoms with Gasteiger partial charge in [0.05, 0.1) is 5.39 Å². The second-order valence-corrected chi connectivity index (χ2v) is 8.58. The summed E-state index contributed by atoms with van der Waals surface area (Å²) in [6.07, 6.45) is 3.02. The first-order valence-electron chi connectivity index (χ1n) is 9.27. The first-order valence-corrected chi connectivity index (χ1v) is 10.1. The van der Waals surface area contributed by atoms with Gasteiger partial charge in [-0.2, -0.15) is 0 Å². The molecule has 8 heteroatoms. The maximum absolute atomic E-state index is 12.8. The zero-order chi connectivity index (χ0) is 19.7. The van der Waals surface area contributed by atoms with E-state index in [9.17, 15) is 9.59 Å². The Balaban J connectivity index is 1.74. The van der Waals surface area contributed by atoms with E-state index in [0.717, 1.165) is 29.1 Å². The lowest BCUT2D eigenvalue weighted by molar-refractivity contribution is -0.148. The number of thiophene rings is 1. The van der Waals surface area contributed by atoms with Gasteiger partial charge in [-0.25, -0.2) is 9.97 Å². The SMILES string of the molecule is Cc1sc2ncnc(N3CCC(C(=O)N(CC(=O)O)C(C)C)CC3)c2c1C. The van der Waals surface area contributed by atoms with Crippen LogP contribution >= 0.6 is 11.3 Å². The molecule has 0 atom stereocenters. The van der Waals surface area contributed by atoms with Crippen LogP contribution in [0.4, 0.5) is 5.82 Å². The van der Waals surface area contributed by atoms with Crippen LogP contribution in [-0.2, 0) is 9.59 Å². The summed E-state index contributed by atoms with van der Waals surface area (Å²) >= 11 is 1.68. The van der Waals surface area contributed by atoms with Crippen LogP contribution in [0.25, 0.3) is 10.2 Å². The van der Waals surface area contributed by atoms with Gasteiger partial charge in [0.1, 0.15) is 23.5 Å². The average Bonchev–Trinajstić information content (AvgIpc) is 2.93. The fraction of sp³-hybridized carbons (Fsp3) is 0.579. The monoisotopic (exact) mass is 390 g/mol. The van der Waals surface area contributed by atoms with Crippen LogP contribution in [0.1, 0.15) is 37.1 Å². The lowest BCUT2D eigenvalue weighted by Gasteiger charge is -2.36. The molecule has 3 heterocycles. The highest BCUT2D eigenvalue weighted by atomic mass is 32.1. The second kappa shape index (κ2) is 7.80. The van der Waals surface area contributed by atoms with Crippen molar-refractivity contribution in [3.63, 3.8) is 0 Å². The highest BCUT2D eigenvalue weighted by Crippen LogP contribution is 2.35. The summed E-state index contributed by atoms with van der Waals surface area (Å²) in [6, 6.07) is -0.121. The van der Waals surface area contributed by atoms with E-state index in [1.54, 1.807) is 17.7 Å².